The number of thioether (sulfide) groups is 1. The van der Waals surface area contributed by atoms with Gasteiger partial charge in [0.05, 0.1) is 28.9 Å². The van der Waals surface area contributed by atoms with Gasteiger partial charge >= 0.3 is 0 Å². The van der Waals surface area contributed by atoms with Gasteiger partial charge in [0.15, 0.2) is 5.17 Å². The number of hydrogen-bond donors (Lipinski definition) is 1. The Balaban J connectivity index is 1.63. The first-order valence-corrected chi connectivity index (χ1v) is 10.2. The van der Waals surface area contributed by atoms with Gasteiger partial charge < -0.3 is 9.52 Å². The number of para-hydroxylation sites is 1. The number of nitro benzene ring substituents is 1. The Morgan fingerprint density at radius 1 is 1.16 bits per heavy atom. The van der Waals surface area contributed by atoms with Crippen LogP contribution in [0.5, 0.6) is 5.75 Å². The number of phenols is 1. The first kappa shape index (κ1) is 21.1. The minimum Gasteiger partial charge on any atom is -0.507 e. The lowest BCUT2D eigenvalue weighted by Crippen LogP contribution is -2.28. The maximum Gasteiger partial charge on any atom is 0.270 e. The van der Waals surface area contributed by atoms with Crippen molar-refractivity contribution in [2.75, 3.05) is 0 Å². The summed E-state index contributed by atoms with van der Waals surface area (Å²) in [5.74, 6) is 0.317. The molecule has 2 aromatic carbocycles. The maximum atomic E-state index is 13.0. The van der Waals surface area contributed by atoms with Crippen LogP contribution in [-0.2, 0) is 11.3 Å². The fourth-order valence-corrected chi connectivity index (χ4v) is 3.82. The number of nitro groups is 1. The summed E-state index contributed by atoms with van der Waals surface area (Å²) in [5, 5.41) is 29.4. The summed E-state index contributed by atoms with van der Waals surface area (Å²) in [5.41, 5.74) is 0.947. The SMILES string of the molecule is O=C1/C(=C/c2ccccc2O)S/C(=N/N=C\c2cccc([N+](=O)[O-])c2)N1Cc1ccco1. The first-order valence-electron chi connectivity index (χ1n) is 9.38. The highest BCUT2D eigenvalue weighted by Gasteiger charge is 2.34. The molecule has 1 aromatic heterocycles. The molecule has 32 heavy (non-hydrogen) atoms. The number of benzene rings is 2. The minimum atomic E-state index is -0.490. The van der Waals surface area contributed by atoms with Crippen molar-refractivity contribution < 1.29 is 19.2 Å². The Kier molecular flexibility index (Phi) is 6.13. The maximum absolute atomic E-state index is 13.0. The van der Waals surface area contributed by atoms with Crippen LogP contribution in [-0.4, -0.2) is 32.2 Å². The quantitative estimate of drug-likeness (QED) is 0.258. The van der Waals surface area contributed by atoms with Crippen molar-refractivity contribution in [1.29, 1.82) is 0 Å². The molecule has 0 atom stereocenters. The second-order valence-electron chi connectivity index (χ2n) is 6.62. The highest BCUT2D eigenvalue weighted by atomic mass is 32.2. The monoisotopic (exact) mass is 448 g/mol. The zero-order valence-corrected chi connectivity index (χ0v) is 17.3. The Morgan fingerprint density at radius 2 is 2.00 bits per heavy atom. The Morgan fingerprint density at radius 3 is 2.75 bits per heavy atom. The predicted molar refractivity (Wildman–Crippen MR) is 121 cm³/mol. The van der Waals surface area contributed by atoms with Crippen molar-refractivity contribution in [3.05, 3.63) is 98.8 Å². The average Bonchev–Trinajstić information content (AvgIpc) is 3.40. The number of phenolic OH excluding ortho intramolecular Hbond substituents is 1. The van der Waals surface area contributed by atoms with Crippen molar-refractivity contribution in [3.63, 3.8) is 0 Å². The van der Waals surface area contributed by atoms with E-state index in [1.54, 1.807) is 48.5 Å². The summed E-state index contributed by atoms with van der Waals surface area (Å²) in [6, 6.07) is 16.1. The van der Waals surface area contributed by atoms with Crippen molar-refractivity contribution in [1.82, 2.24) is 4.90 Å². The Bertz CT molecular complexity index is 1250. The third-order valence-electron chi connectivity index (χ3n) is 4.44. The van der Waals surface area contributed by atoms with Gasteiger partial charge in [-0.1, -0.05) is 30.3 Å². The lowest BCUT2D eigenvalue weighted by atomic mass is 10.2. The summed E-state index contributed by atoms with van der Waals surface area (Å²) < 4.78 is 5.35. The lowest BCUT2D eigenvalue weighted by Gasteiger charge is -2.12. The van der Waals surface area contributed by atoms with Crippen LogP contribution in [0, 0.1) is 10.1 Å². The molecule has 9 nitrogen and oxygen atoms in total. The molecule has 1 aliphatic heterocycles. The van der Waals surface area contributed by atoms with E-state index >= 15 is 0 Å². The number of non-ortho nitro benzene ring substituents is 1. The van der Waals surface area contributed by atoms with Gasteiger partial charge in [-0.3, -0.25) is 19.8 Å². The molecule has 0 bridgehead atoms. The van der Waals surface area contributed by atoms with E-state index in [-0.39, 0.29) is 23.9 Å². The third-order valence-corrected chi connectivity index (χ3v) is 5.43. The molecular weight excluding hydrogens is 432 g/mol. The zero-order valence-electron chi connectivity index (χ0n) is 16.5. The standard InChI is InChI=1S/C22H16N4O5S/c27-19-9-2-1-6-16(19)12-20-21(28)25(14-18-8-4-10-31-18)22(32-20)24-23-13-15-5-3-7-17(11-15)26(29)30/h1-13,27H,14H2/b20-12-,23-13-,24-22+. The molecule has 1 N–H and O–H groups in total. The highest BCUT2D eigenvalue weighted by Crippen LogP contribution is 2.35. The van der Waals surface area contributed by atoms with E-state index in [4.69, 9.17) is 4.42 Å². The minimum absolute atomic E-state index is 0.0556. The van der Waals surface area contributed by atoms with Crippen LogP contribution in [0.15, 0.2) is 86.5 Å². The molecule has 0 spiro atoms. The van der Waals surface area contributed by atoms with E-state index < -0.39 is 4.92 Å². The van der Waals surface area contributed by atoms with Crippen molar-refractivity contribution in [2.24, 2.45) is 10.2 Å². The van der Waals surface area contributed by atoms with Gasteiger partial charge in [-0.05, 0) is 36.0 Å². The van der Waals surface area contributed by atoms with Gasteiger partial charge in [-0.15, -0.1) is 5.10 Å². The molecule has 0 unspecified atom stereocenters. The third kappa shape index (κ3) is 4.76. The zero-order chi connectivity index (χ0) is 22.5. The van der Waals surface area contributed by atoms with Gasteiger partial charge in [0.2, 0.25) is 0 Å². The molecule has 0 radical (unpaired) electrons. The van der Waals surface area contributed by atoms with Crippen molar-refractivity contribution >= 4 is 40.8 Å². The summed E-state index contributed by atoms with van der Waals surface area (Å²) in [7, 11) is 0. The molecule has 0 saturated carbocycles. The van der Waals surface area contributed by atoms with Gasteiger partial charge in [-0.25, -0.2) is 0 Å². The van der Waals surface area contributed by atoms with Crippen molar-refractivity contribution in [3.8, 4) is 5.75 Å². The molecule has 1 aliphatic rings. The molecule has 1 saturated heterocycles. The number of aromatic hydroxyl groups is 1. The molecule has 0 aliphatic carbocycles. The van der Waals surface area contributed by atoms with Gasteiger partial charge in [-0.2, -0.15) is 5.10 Å². The molecule has 10 heteroatoms. The van der Waals surface area contributed by atoms with E-state index in [0.29, 0.717) is 27.0 Å². The number of carbonyl (C=O) groups excluding carboxylic acids is 1. The van der Waals surface area contributed by atoms with Gasteiger partial charge in [0.1, 0.15) is 11.5 Å². The predicted octanol–water partition coefficient (Wildman–Crippen LogP) is 4.40. The molecule has 3 aromatic rings. The number of rotatable bonds is 6. The molecule has 2 heterocycles. The van der Waals surface area contributed by atoms with Crippen LogP contribution < -0.4 is 0 Å². The second-order valence-corrected chi connectivity index (χ2v) is 7.63. The summed E-state index contributed by atoms with van der Waals surface area (Å²) in [6.07, 6.45) is 4.48. The van der Waals surface area contributed by atoms with E-state index in [2.05, 4.69) is 10.2 Å². The van der Waals surface area contributed by atoms with Gasteiger partial charge in [0, 0.05) is 23.3 Å². The Labute approximate surface area is 186 Å². The second kappa shape index (κ2) is 9.31. The number of carbonyl (C=O) groups is 1. The smallest absolute Gasteiger partial charge is 0.270 e. The fourth-order valence-electron chi connectivity index (χ4n) is 2.89. The largest absolute Gasteiger partial charge is 0.507 e. The Hall–Kier alpha value is -4.18. The first-order chi connectivity index (χ1) is 15.5. The van der Waals surface area contributed by atoms with Crippen molar-refractivity contribution in [2.45, 2.75) is 6.54 Å². The van der Waals surface area contributed by atoms with Crippen LogP contribution in [0.25, 0.3) is 6.08 Å². The number of furan rings is 1. The normalized spacial score (nSPS) is 16.5. The molecule has 1 amide bonds. The number of hydrogen-bond acceptors (Lipinski definition) is 8. The molecular formula is C22H16N4O5S. The van der Waals surface area contributed by atoms with Crippen LogP contribution in [0.4, 0.5) is 5.69 Å². The van der Waals surface area contributed by atoms with Crippen LogP contribution in [0.2, 0.25) is 0 Å². The summed E-state index contributed by atoms with van der Waals surface area (Å²) in [4.78, 5) is 25.2. The fraction of sp³-hybridized carbons (Fsp3) is 0.0455. The summed E-state index contributed by atoms with van der Waals surface area (Å²) >= 11 is 1.11. The topological polar surface area (TPSA) is 122 Å². The average molecular weight is 448 g/mol. The van der Waals surface area contributed by atoms with Crippen LogP contribution >= 0.6 is 11.8 Å². The number of nitrogens with zero attached hydrogens (tertiary/aromatic N) is 4. The highest BCUT2D eigenvalue weighted by molar-refractivity contribution is 8.18. The molecule has 160 valence electrons. The number of amides is 1. The molecule has 1 fully saturated rings. The van der Waals surface area contributed by atoms with Crippen LogP contribution in [0.3, 0.4) is 0 Å². The van der Waals surface area contributed by atoms with E-state index in [1.165, 1.54) is 35.6 Å². The number of amidine groups is 1. The van der Waals surface area contributed by atoms with Gasteiger partial charge in [0.25, 0.3) is 11.6 Å². The van der Waals surface area contributed by atoms with E-state index in [0.717, 1.165) is 11.8 Å². The molecule has 4 rings (SSSR count). The van der Waals surface area contributed by atoms with E-state index in [1.807, 2.05) is 0 Å². The lowest BCUT2D eigenvalue weighted by molar-refractivity contribution is -0.384. The van der Waals surface area contributed by atoms with Crippen LogP contribution in [0.1, 0.15) is 16.9 Å². The summed E-state index contributed by atoms with van der Waals surface area (Å²) in [6.45, 7) is 0.155. The van der Waals surface area contributed by atoms with E-state index in [9.17, 15) is 20.0 Å².